The number of anilines is 3. The smallest absolute Gasteiger partial charge is 0.227 e. The van der Waals surface area contributed by atoms with Gasteiger partial charge in [0.15, 0.2) is 0 Å². The second-order valence-corrected chi connectivity index (χ2v) is 7.22. The summed E-state index contributed by atoms with van der Waals surface area (Å²) in [7, 11) is 1.89. The predicted molar refractivity (Wildman–Crippen MR) is 114 cm³/mol. The van der Waals surface area contributed by atoms with E-state index in [1.54, 1.807) is 12.4 Å². The SMILES string of the molecule is CN(CCO)c1ccc(Nc2nccc(-c3ccc(OCC4CC4)cc3)n2)cn1. The molecule has 7 heteroatoms. The third-order valence-corrected chi connectivity index (χ3v) is 4.82. The molecule has 0 atom stereocenters. The van der Waals surface area contributed by atoms with Crippen LogP contribution < -0.4 is 15.0 Å². The monoisotopic (exact) mass is 391 g/mol. The molecule has 0 bridgehead atoms. The summed E-state index contributed by atoms with van der Waals surface area (Å²) < 4.78 is 5.80. The van der Waals surface area contributed by atoms with E-state index in [1.807, 2.05) is 54.4 Å². The number of pyridine rings is 1. The molecule has 3 aromatic rings. The number of aliphatic hydroxyl groups excluding tert-OH is 1. The zero-order valence-electron chi connectivity index (χ0n) is 16.5. The molecule has 2 aromatic heterocycles. The first-order valence-electron chi connectivity index (χ1n) is 9.82. The van der Waals surface area contributed by atoms with Crippen molar-refractivity contribution >= 4 is 17.5 Å². The van der Waals surface area contributed by atoms with Crippen LogP contribution in [-0.4, -0.2) is 46.9 Å². The second-order valence-electron chi connectivity index (χ2n) is 7.22. The average Bonchev–Trinajstić information content (AvgIpc) is 3.58. The molecule has 2 N–H and O–H groups in total. The number of aliphatic hydroxyl groups is 1. The molecule has 0 spiro atoms. The van der Waals surface area contributed by atoms with E-state index >= 15 is 0 Å². The van der Waals surface area contributed by atoms with Gasteiger partial charge in [-0.3, -0.25) is 0 Å². The fourth-order valence-corrected chi connectivity index (χ4v) is 2.88. The fraction of sp³-hybridized carbons (Fsp3) is 0.318. The molecule has 0 saturated heterocycles. The van der Waals surface area contributed by atoms with Gasteiger partial charge in [-0.25, -0.2) is 15.0 Å². The Morgan fingerprint density at radius 2 is 1.93 bits per heavy atom. The highest BCUT2D eigenvalue weighted by molar-refractivity contribution is 5.62. The molecule has 0 amide bonds. The number of nitrogens with zero attached hydrogens (tertiary/aromatic N) is 4. The van der Waals surface area contributed by atoms with Crippen molar-refractivity contribution in [1.82, 2.24) is 15.0 Å². The number of hydrogen-bond donors (Lipinski definition) is 2. The summed E-state index contributed by atoms with van der Waals surface area (Å²) >= 11 is 0. The summed E-state index contributed by atoms with van der Waals surface area (Å²) in [5.74, 6) is 2.94. The van der Waals surface area contributed by atoms with Crippen LogP contribution in [0.4, 0.5) is 17.5 Å². The van der Waals surface area contributed by atoms with Gasteiger partial charge in [-0.2, -0.15) is 0 Å². The number of rotatable bonds is 9. The van der Waals surface area contributed by atoms with Gasteiger partial charge in [0.2, 0.25) is 5.95 Å². The standard InChI is InChI=1S/C22H25N5O2/c1-27(12-13-28)21-9-6-18(14-24-21)25-22-23-11-10-20(26-22)17-4-7-19(8-5-17)29-15-16-2-3-16/h4-11,14,16,28H,2-3,12-13,15H2,1H3,(H,23,25,26). The van der Waals surface area contributed by atoms with Crippen LogP contribution in [0.1, 0.15) is 12.8 Å². The van der Waals surface area contributed by atoms with Crippen molar-refractivity contribution in [2.75, 3.05) is 37.0 Å². The van der Waals surface area contributed by atoms with Crippen LogP contribution in [-0.2, 0) is 0 Å². The summed E-state index contributed by atoms with van der Waals surface area (Å²) in [5.41, 5.74) is 2.64. The third kappa shape index (κ3) is 5.20. The van der Waals surface area contributed by atoms with Crippen LogP contribution in [0.5, 0.6) is 5.75 Å². The maximum Gasteiger partial charge on any atom is 0.227 e. The van der Waals surface area contributed by atoms with Crippen LogP contribution in [0.15, 0.2) is 54.9 Å². The number of likely N-dealkylation sites (N-methyl/N-ethyl adjacent to an activating group) is 1. The van der Waals surface area contributed by atoms with Crippen molar-refractivity contribution in [3.8, 4) is 17.0 Å². The van der Waals surface area contributed by atoms with E-state index in [-0.39, 0.29) is 6.61 Å². The normalized spacial score (nSPS) is 13.2. The van der Waals surface area contributed by atoms with E-state index in [2.05, 4.69) is 20.3 Å². The van der Waals surface area contributed by atoms with Gasteiger partial charge in [-0.15, -0.1) is 0 Å². The first-order valence-corrected chi connectivity index (χ1v) is 9.82. The number of ether oxygens (including phenoxy) is 1. The van der Waals surface area contributed by atoms with Gasteiger partial charge >= 0.3 is 0 Å². The van der Waals surface area contributed by atoms with Gasteiger partial charge in [0, 0.05) is 25.4 Å². The topological polar surface area (TPSA) is 83.4 Å². The lowest BCUT2D eigenvalue weighted by Crippen LogP contribution is -2.22. The largest absolute Gasteiger partial charge is 0.493 e. The molecule has 1 aliphatic carbocycles. The molecule has 0 radical (unpaired) electrons. The van der Waals surface area contributed by atoms with Crippen molar-refractivity contribution in [3.63, 3.8) is 0 Å². The number of hydrogen-bond acceptors (Lipinski definition) is 7. The fourth-order valence-electron chi connectivity index (χ4n) is 2.88. The molecule has 1 saturated carbocycles. The van der Waals surface area contributed by atoms with Gasteiger partial charge in [-0.05, 0) is 61.2 Å². The van der Waals surface area contributed by atoms with Crippen molar-refractivity contribution in [3.05, 3.63) is 54.9 Å². The zero-order chi connectivity index (χ0) is 20.1. The summed E-state index contributed by atoms with van der Waals surface area (Å²) in [6, 6.07) is 13.7. The molecule has 1 fully saturated rings. The van der Waals surface area contributed by atoms with E-state index in [0.29, 0.717) is 12.5 Å². The minimum atomic E-state index is 0.0897. The Morgan fingerprint density at radius 1 is 1.10 bits per heavy atom. The van der Waals surface area contributed by atoms with E-state index in [4.69, 9.17) is 9.84 Å². The van der Waals surface area contributed by atoms with Crippen molar-refractivity contribution in [1.29, 1.82) is 0 Å². The Bertz CT molecular complexity index is 927. The van der Waals surface area contributed by atoms with Crippen molar-refractivity contribution in [2.45, 2.75) is 12.8 Å². The lowest BCUT2D eigenvalue weighted by Gasteiger charge is -2.16. The second kappa shape index (κ2) is 8.87. The number of aromatic nitrogens is 3. The summed E-state index contributed by atoms with van der Waals surface area (Å²) in [6.45, 7) is 1.44. The average molecular weight is 391 g/mol. The molecule has 7 nitrogen and oxygen atoms in total. The molecule has 0 unspecified atom stereocenters. The molecule has 1 aliphatic rings. The lowest BCUT2D eigenvalue weighted by molar-refractivity contribution is 0.300. The van der Waals surface area contributed by atoms with E-state index in [9.17, 15) is 0 Å². The maximum atomic E-state index is 9.03. The van der Waals surface area contributed by atoms with E-state index in [0.717, 1.165) is 41.0 Å². The third-order valence-electron chi connectivity index (χ3n) is 4.82. The molecular formula is C22H25N5O2. The minimum Gasteiger partial charge on any atom is -0.493 e. The van der Waals surface area contributed by atoms with Crippen LogP contribution in [0, 0.1) is 5.92 Å². The Kier molecular flexibility index (Phi) is 5.86. The summed E-state index contributed by atoms with van der Waals surface area (Å²) in [4.78, 5) is 15.2. The number of nitrogens with one attached hydrogen (secondary N) is 1. The molecule has 150 valence electrons. The highest BCUT2D eigenvalue weighted by atomic mass is 16.5. The molecule has 1 aromatic carbocycles. The van der Waals surface area contributed by atoms with Crippen LogP contribution in [0.2, 0.25) is 0 Å². The van der Waals surface area contributed by atoms with E-state index in [1.165, 1.54) is 12.8 Å². The number of benzene rings is 1. The van der Waals surface area contributed by atoms with Gasteiger partial charge in [-0.1, -0.05) is 0 Å². The van der Waals surface area contributed by atoms with Gasteiger partial charge in [0.25, 0.3) is 0 Å². The molecule has 4 rings (SSSR count). The highest BCUT2D eigenvalue weighted by Gasteiger charge is 2.21. The van der Waals surface area contributed by atoms with Gasteiger partial charge in [0.05, 0.1) is 30.8 Å². The molecule has 2 heterocycles. The Hall–Kier alpha value is -3.19. The van der Waals surface area contributed by atoms with Gasteiger partial charge in [0.1, 0.15) is 11.6 Å². The Labute approximate surface area is 170 Å². The molecular weight excluding hydrogens is 366 g/mol. The predicted octanol–water partition coefficient (Wildman–Crippen LogP) is 3.50. The minimum absolute atomic E-state index is 0.0897. The van der Waals surface area contributed by atoms with Crippen molar-refractivity contribution < 1.29 is 9.84 Å². The highest BCUT2D eigenvalue weighted by Crippen LogP contribution is 2.30. The maximum absolute atomic E-state index is 9.03. The van der Waals surface area contributed by atoms with Crippen molar-refractivity contribution in [2.24, 2.45) is 5.92 Å². The Morgan fingerprint density at radius 3 is 2.62 bits per heavy atom. The first-order chi connectivity index (χ1) is 14.2. The van der Waals surface area contributed by atoms with Crippen LogP contribution in [0.3, 0.4) is 0 Å². The van der Waals surface area contributed by atoms with Crippen LogP contribution in [0.25, 0.3) is 11.3 Å². The summed E-state index contributed by atoms with van der Waals surface area (Å²) in [6.07, 6.45) is 6.03. The Balaban J connectivity index is 1.41. The molecule has 0 aliphatic heterocycles. The lowest BCUT2D eigenvalue weighted by atomic mass is 10.1. The first kappa shape index (κ1) is 19.1. The van der Waals surface area contributed by atoms with Crippen LogP contribution >= 0.6 is 0 Å². The summed E-state index contributed by atoms with van der Waals surface area (Å²) in [5, 5.41) is 12.2. The van der Waals surface area contributed by atoms with Gasteiger partial charge < -0.3 is 20.1 Å². The zero-order valence-corrected chi connectivity index (χ0v) is 16.5. The molecule has 29 heavy (non-hydrogen) atoms. The van der Waals surface area contributed by atoms with E-state index < -0.39 is 0 Å². The quantitative estimate of drug-likeness (QED) is 0.577.